The van der Waals surface area contributed by atoms with E-state index in [1.807, 2.05) is 6.92 Å². The largest absolute Gasteiger partial charge is 0.333 e. The second kappa shape index (κ2) is 8.15. The molecule has 1 fully saturated rings. The molecule has 2 aromatic rings. The molecule has 1 aromatic heterocycles. The average molecular weight is 395 g/mol. The minimum absolute atomic E-state index is 0.0266. The SMILES string of the molecule is Cc1ncsc1CNC(=O)Nc1ccc(S(=O)(=O)NC2CCCC2)cc1. The number of anilines is 1. The number of hydrogen-bond donors (Lipinski definition) is 3. The molecule has 0 spiro atoms. The Bertz CT molecular complexity index is 856. The Morgan fingerprint density at radius 3 is 2.54 bits per heavy atom. The third kappa shape index (κ3) is 4.80. The number of carbonyl (C=O) groups is 1. The lowest BCUT2D eigenvalue weighted by atomic mass is 10.3. The third-order valence-corrected chi connectivity index (χ3v) is 6.83. The van der Waals surface area contributed by atoms with E-state index >= 15 is 0 Å². The number of aryl methyl sites for hydroxylation is 1. The van der Waals surface area contributed by atoms with E-state index in [4.69, 9.17) is 0 Å². The fourth-order valence-electron chi connectivity index (χ4n) is 2.88. The Labute approximate surface area is 157 Å². The second-order valence-electron chi connectivity index (χ2n) is 6.30. The normalized spacial score (nSPS) is 15.1. The van der Waals surface area contributed by atoms with Gasteiger partial charge in [0.25, 0.3) is 0 Å². The molecule has 3 rings (SSSR count). The van der Waals surface area contributed by atoms with E-state index in [1.165, 1.54) is 23.5 Å². The highest BCUT2D eigenvalue weighted by molar-refractivity contribution is 7.89. The first-order valence-corrected chi connectivity index (χ1v) is 10.9. The fourth-order valence-corrected chi connectivity index (χ4v) is 4.90. The van der Waals surface area contributed by atoms with Gasteiger partial charge in [0.15, 0.2) is 0 Å². The van der Waals surface area contributed by atoms with Gasteiger partial charge in [0.1, 0.15) is 0 Å². The van der Waals surface area contributed by atoms with Gasteiger partial charge in [0.05, 0.1) is 22.6 Å². The molecule has 0 bridgehead atoms. The highest BCUT2D eigenvalue weighted by Crippen LogP contribution is 2.21. The van der Waals surface area contributed by atoms with Crippen molar-refractivity contribution in [3.05, 3.63) is 40.3 Å². The van der Waals surface area contributed by atoms with Crippen molar-refractivity contribution < 1.29 is 13.2 Å². The summed E-state index contributed by atoms with van der Waals surface area (Å²) in [7, 11) is -3.52. The summed E-state index contributed by atoms with van der Waals surface area (Å²) < 4.78 is 27.5. The number of carbonyl (C=O) groups excluding carboxylic acids is 1. The lowest BCUT2D eigenvalue weighted by Crippen LogP contribution is -2.32. The average Bonchev–Trinajstić information content (AvgIpc) is 3.25. The summed E-state index contributed by atoms with van der Waals surface area (Å²) in [5.74, 6) is 0. The van der Waals surface area contributed by atoms with Gasteiger partial charge in [0.2, 0.25) is 10.0 Å². The van der Waals surface area contributed by atoms with Gasteiger partial charge in [-0.2, -0.15) is 0 Å². The van der Waals surface area contributed by atoms with Gasteiger partial charge < -0.3 is 10.6 Å². The number of nitrogens with one attached hydrogen (secondary N) is 3. The number of amides is 2. The van der Waals surface area contributed by atoms with Gasteiger partial charge in [0, 0.05) is 16.6 Å². The van der Waals surface area contributed by atoms with Gasteiger partial charge in [-0.05, 0) is 44.0 Å². The molecule has 0 radical (unpaired) electrons. The summed E-state index contributed by atoms with van der Waals surface area (Å²) in [4.78, 5) is 17.3. The highest BCUT2D eigenvalue weighted by Gasteiger charge is 2.22. The van der Waals surface area contributed by atoms with Crippen molar-refractivity contribution in [2.45, 2.75) is 50.1 Å². The molecule has 3 N–H and O–H groups in total. The molecule has 1 heterocycles. The minimum atomic E-state index is -3.52. The molecule has 1 aliphatic rings. The highest BCUT2D eigenvalue weighted by atomic mass is 32.2. The topological polar surface area (TPSA) is 100 Å². The third-order valence-electron chi connectivity index (χ3n) is 4.35. The Morgan fingerprint density at radius 2 is 1.92 bits per heavy atom. The van der Waals surface area contributed by atoms with Crippen molar-refractivity contribution in [1.82, 2.24) is 15.0 Å². The van der Waals surface area contributed by atoms with Crippen LogP contribution in [0.3, 0.4) is 0 Å². The molecule has 140 valence electrons. The molecule has 0 unspecified atom stereocenters. The Balaban J connectivity index is 1.55. The number of thiazole rings is 1. The maximum atomic E-state index is 12.4. The van der Waals surface area contributed by atoms with Crippen LogP contribution in [0.25, 0.3) is 0 Å². The monoisotopic (exact) mass is 394 g/mol. The molecule has 1 aromatic carbocycles. The second-order valence-corrected chi connectivity index (χ2v) is 8.95. The predicted molar refractivity (Wildman–Crippen MR) is 102 cm³/mol. The first-order chi connectivity index (χ1) is 12.4. The Morgan fingerprint density at radius 1 is 1.23 bits per heavy atom. The Kier molecular flexibility index (Phi) is 5.90. The molecule has 1 aliphatic carbocycles. The maximum absolute atomic E-state index is 12.4. The summed E-state index contributed by atoms with van der Waals surface area (Å²) in [6.45, 7) is 2.30. The van der Waals surface area contributed by atoms with Crippen molar-refractivity contribution >= 4 is 33.1 Å². The van der Waals surface area contributed by atoms with Gasteiger partial charge in [-0.15, -0.1) is 11.3 Å². The summed E-state index contributed by atoms with van der Waals surface area (Å²) in [5, 5.41) is 5.45. The number of urea groups is 1. The summed E-state index contributed by atoms with van der Waals surface area (Å²) in [6.07, 6.45) is 3.90. The fraction of sp³-hybridized carbons (Fsp3) is 0.412. The molecule has 0 atom stereocenters. The Hall–Kier alpha value is -1.97. The number of rotatable bonds is 6. The zero-order chi connectivity index (χ0) is 18.6. The van der Waals surface area contributed by atoms with Crippen LogP contribution in [0.1, 0.15) is 36.3 Å². The van der Waals surface area contributed by atoms with Gasteiger partial charge in [-0.1, -0.05) is 12.8 Å². The van der Waals surface area contributed by atoms with Crippen molar-refractivity contribution in [1.29, 1.82) is 0 Å². The molecule has 0 aliphatic heterocycles. The van der Waals surface area contributed by atoms with Gasteiger partial charge in [-0.25, -0.2) is 22.9 Å². The van der Waals surface area contributed by atoms with Crippen LogP contribution in [-0.4, -0.2) is 25.5 Å². The zero-order valence-electron chi connectivity index (χ0n) is 14.5. The molecular formula is C17H22N4O3S2. The first-order valence-electron chi connectivity index (χ1n) is 8.50. The van der Waals surface area contributed by atoms with Crippen LogP contribution in [-0.2, 0) is 16.6 Å². The van der Waals surface area contributed by atoms with Crippen molar-refractivity contribution in [2.75, 3.05) is 5.32 Å². The van der Waals surface area contributed by atoms with Crippen LogP contribution in [0.4, 0.5) is 10.5 Å². The van der Waals surface area contributed by atoms with Crippen LogP contribution in [0.15, 0.2) is 34.7 Å². The summed E-state index contributed by atoms with van der Waals surface area (Å²) in [5.41, 5.74) is 3.17. The lowest BCUT2D eigenvalue weighted by Gasteiger charge is -2.13. The van der Waals surface area contributed by atoms with E-state index in [2.05, 4.69) is 20.3 Å². The number of nitrogens with zero attached hydrogens (tertiary/aromatic N) is 1. The van der Waals surface area contributed by atoms with E-state index < -0.39 is 10.0 Å². The van der Waals surface area contributed by atoms with E-state index in [0.29, 0.717) is 12.2 Å². The van der Waals surface area contributed by atoms with Gasteiger partial charge >= 0.3 is 6.03 Å². The van der Waals surface area contributed by atoms with Crippen LogP contribution < -0.4 is 15.4 Å². The number of benzene rings is 1. The van der Waals surface area contributed by atoms with Crippen LogP contribution >= 0.6 is 11.3 Å². The molecule has 2 amide bonds. The van der Waals surface area contributed by atoms with Crippen molar-refractivity contribution in [3.63, 3.8) is 0 Å². The number of aromatic nitrogens is 1. The zero-order valence-corrected chi connectivity index (χ0v) is 16.1. The standard InChI is InChI=1S/C17H22N4O3S2/c1-12-16(25-11-19-12)10-18-17(22)20-13-6-8-15(9-7-13)26(23,24)21-14-4-2-3-5-14/h6-9,11,14,21H,2-5,10H2,1H3,(H2,18,20,22). The van der Waals surface area contributed by atoms with E-state index in [-0.39, 0.29) is 17.0 Å². The molecule has 1 saturated carbocycles. The van der Waals surface area contributed by atoms with Crippen molar-refractivity contribution in [3.8, 4) is 0 Å². The number of sulfonamides is 1. The molecule has 9 heteroatoms. The van der Waals surface area contributed by atoms with Crippen LogP contribution in [0.2, 0.25) is 0 Å². The van der Waals surface area contributed by atoms with E-state index in [9.17, 15) is 13.2 Å². The molecule has 26 heavy (non-hydrogen) atoms. The maximum Gasteiger partial charge on any atom is 0.319 e. The predicted octanol–water partition coefficient (Wildman–Crippen LogP) is 2.99. The van der Waals surface area contributed by atoms with Crippen molar-refractivity contribution in [2.24, 2.45) is 0 Å². The minimum Gasteiger partial charge on any atom is -0.333 e. The number of hydrogen-bond acceptors (Lipinski definition) is 5. The molecular weight excluding hydrogens is 372 g/mol. The molecule has 7 nitrogen and oxygen atoms in total. The molecule has 0 saturated heterocycles. The smallest absolute Gasteiger partial charge is 0.319 e. The lowest BCUT2D eigenvalue weighted by molar-refractivity contribution is 0.252. The van der Waals surface area contributed by atoms with E-state index in [0.717, 1.165) is 36.3 Å². The summed E-state index contributed by atoms with van der Waals surface area (Å²) >= 11 is 1.49. The summed E-state index contributed by atoms with van der Waals surface area (Å²) in [6, 6.07) is 5.85. The van der Waals surface area contributed by atoms with E-state index in [1.54, 1.807) is 17.6 Å². The first kappa shape index (κ1) is 18.8. The van der Waals surface area contributed by atoms with Crippen LogP contribution in [0.5, 0.6) is 0 Å². The van der Waals surface area contributed by atoms with Gasteiger partial charge in [-0.3, -0.25) is 0 Å². The quantitative estimate of drug-likeness (QED) is 0.701. The van der Waals surface area contributed by atoms with Crippen LogP contribution in [0, 0.1) is 6.92 Å².